The van der Waals surface area contributed by atoms with Crippen LogP contribution >= 0.6 is 12.2 Å². The first-order chi connectivity index (χ1) is 8.39. The van der Waals surface area contributed by atoms with E-state index in [4.69, 9.17) is 18.0 Å². The molecule has 0 unspecified atom stereocenters. The Hall–Kier alpha value is -1.42. The molecule has 1 amide bonds. The van der Waals surface area contributed by atoms with Crippen LogP contribution in [0.25, 0.3) is 0 Å². The van der Waals surface area contributed by atoms with Crippen LogP contribution in [-0.2, 0) is 11.2 Å². The highest BCUT2D eigenvalue weighted by molar-refractivity contribution is 7.80. The molecule has 0 fully saturated rings. The van der Waals surface area contributed by atoms with Crippen LogP contribution in [0.5, 0.6) is 0 Å². The van der Waals surface area contributed by atoms with Crippen molar-refractivity contribution in [1.82, 2.24) is 5.32 Å². The highest BCUT2D eigenvalue weighted by atomic mass is 32.1. The molecule has 0 aromatic heterocycles. The molecule has 0 atom stereocenters. The smallest absolute Gasteiger partial charge is 0.227 e. The Balaban J connectivity index is 2.44. The van der Waals surface area contributed by atoms with Gasteiger partial charge in [0.1, 0.15) is 0 Å². The van der Waals surface area contributed by atoms with Crippen molar-refractivity contribution in [2.24, 2.45) is 5.73 Å². The van der Waals surface area contributed by atoms with Crippen molar-refractivity contribution in [2.45, 2.75) is 38.6 Å². The third-order valence-corrected chi connectivity index (χ3v) is 2.84. The van der Waals surface area contributed by atoms with E-state index < -0.39 is 0 Å². The Morgan fingerprint density at radius 1 is 1.33 bits per heavy atom. The molecule has 3 N–H and O–H groups in total. The number of hydrogen-bond acceptors (Lipinski definition) is 2. The highest BCUT2D eigenvalue weighted by Crippen LogP contribution is 2.13. The second-order valence-electron chi connectivity index (χ2n) is 5.06. The van der Waals surface area contributed by atoms with Crippen LogP contribution in [0.2, 0.25) is 0 Å². The molecule has 0 radical (unpaired) electrons. The molecule has 3 nitrogen and oxygen atoms in total. The minimum Gasteiger partial charge on any atom is -0.393 e. The average Bonchev–Trinajstić information content (AvgIpc) is 2.26. The summed E-state index contributed by atoms with van der Waals surface area (Å²) in [4.78, 5) is 11.8. The highest BCUT2D eigenvalue weighted by Gasteiger charge is 2.20. The second-order valence-corrected chi connectivity index (χ2v) is 5.59. The number of aryl methyl sites for hydroxylation is 1. The zero-order valence-electron chi connectivity index (χ0n) is 10.9. The lowest BCUT2D eigenvalue weighted by atomic mass is 9.95. The summed E-state index contributed by atoms with van der Waals surface area (Å²) in [6.45, 7) is 4.01. The summed E-state index contributed by atoms with van der Waals surface area (Å²) in [7, 11) is 0. The number of nitrogens with two attached hydrogens (primary N) is 1. The molecule has 0 saturated carbocycles. The SMILES string of the molecule is CC(C)(CCc1ccccc1)NC(=O)CC(N)=S. The monoisotopic (exact) mass is 264 g/mol. The number of carbonyl (C=O) groups is 1. The van der Waals surface area contributed by atoms with Gasteiger partial charge in [0.2, 0.25) is 5.91 Å². The first-order valence-electron chi connectivity index (χ1n) is 6.02. The number of amides is 1. The van der Waals surface area contributed by atoms with Crippen LogP contribution < -0.4 is 11.1 Å². The normalized spacial score (nSPS) is 11.0. The van der Waals surface area contributed by atoms with Crippen molar-refractivity contribution in [1.29, 1.82) is 0 Å². The van der Waals surface area contributed by atoms with Gasteiger partial charge in [-0.1, -0.05) is 42.5 Å². The number of nitrogens with one attached hydrogen (secondary N) is 1. The van der Waals surface area contributed by atoms with Crippen molar-refractivity contribution in [3.8, 4) is 0 Å². The van der Waals surface area contributed by atoms with E-state index in [1.807, 2.05) is 32.0 Å². The summed E-state index contributed by atoms with van der Waals surface area (Å²) in [6, 6.07) is 10.2. The molecule has 0 heterocycles. The van der Waals surface area contributed by atoms with Gasteiger partial charge >= 0.3 is 0 Å². The van der Waals surface area contributed by atoms with Crippen molar-refractivity contribution < 1.29 is 4.79 Å². The molecule has 0 spiro atoms. The predicted octanol–water partition coefficient (Wildman–Crippen LogP) is 2.19. The quantitative estimate of drug-likeness (QED) is 0.774. The molecule has 1 aromatic rings. The van der Waals surface area contributed by atoms with Gasteiger partial charge in [0.25, 0.3) is 0 Å². The lowest BCUT2D eigenvalue weighted by molar-refractivity contribution is -0.121. The van der Waals surface area contributed by atoms with E-state index in [9.17, 15) is 4.79 Å². The van der Waals surface area contributed by atoms with E-state index in [1.165, 1.54) is 5.56 Å². The Labute approximate surface area is 114 Å². The van der Waals surface area contributed by atoms with Crippen LogP contribution in [0.3, 0.4) is 0 Å². The molecule has 0 aliphatic heterocycles. The lowest BCUT2D eigenvalue weighted by Gasteiger charge is -2.26. The first-order valence-corrected chi connectivity index (χ1v) is 6.43. The van der Waals surface area contributed by atoms with Crippen molar-refractivity contribution >= 4 is 23.1 Å². The van der Waals surface area contributed by atoms with Crippen molar-refractivity contribution in [2.75, 3.05) is 0 Å². The molecule has 1 rings (SSSR count). The zero-order chi connectivity index (χ0) is 13.6. The molecule has 0 saturated heterocycles. The van der Waals surface area contributed by atoms with Gasteiger partial charge in [0.15, 0.2) is 0 Å². The van der Waals surface area contributed by atoms with E-state index in [1.54, 1.807) is 0 Å². The van der Waals surface area contributed by atoms with Gasteiger partial charge in [-0.2, -0.15) is 0 Å². The lowest BCUT2D eigenvalue weighted by Crippen LogP contribution is -2.44. The maximum Gasteiger partial charge on any atom is 0.227 e. The molecule has 18 heavy (non-hydrogen) atoms. The van der Waals surface area contributed by atoms with E-state index in [-0.39, 0.29) is 22.9 Å². The fourth-order valence-electron chi connectivity index (χ4n) is 1.74. The van der Waals surface area contributed by atoms with Gasteiger partial charge in [0.05, 0.1) is 11.4 Å². The fourth-order valence-corrected chi connectivity index (χ4v) is 1.87. The second kappa shape index (κ2) is 6.50. The number of carbonyl (C=O) groups excluding carboxylic acids is 1. The largest absolute Gasteiger partial charge is 0.393 e. The third-order valence-electron chi connectivity index (χ3n) is 2.69. The van der Waals surface area contributed by atoms with E-state index in [0.29, 0.717) is 0 Å². The summed E-state index contributed by atoms with van der Waals surface area (Å²) < 4.78 is 0. The van der Waals surface area contributed by atoms with Crippen LogP contribution in [0.1, 0.15) is 32.3 Å². The molecular formula is C14H20N2OS. The molecular weight excluding hydrogens is 244 g/mol. The Morgan fingerprint density at radius 2 is 1.94 bits per heavy atom. The van der Waals surface area contributed by atoms with Crippen LogP contribution in [0.15, 0.2) is 30.3 Å². The number of hydrogen-bond donors (Lipinski definition) is 2. The number of thiocarbonyl (C=S) groups is 1. The summed E-state index contributed by atoms with van der Waals surface area (Å²) in [5.41, 5.74) is 6.37. The van der Waals surface area contributed by atoms with Gasteiger partial charge in [-0.15, -0.1) is 0 Å². The van der Waals surface area contributed by atoms with E-state index >= 15 is 0 Å². The first kappa shape index (κ1) is 14.6. The van der Waals surface area contributed by atoms with Crippen molar-refractivity contribution in [3.63, 3.8) is 0 Å². The van der Waals surface area contributed by atoms with Gasteiger partial charge in [-0.25, -0.2) is 0 Å². The summed E-state index contributed by atoms with van der Waals surface area (Å²) in [6.07, 6.45) is 1.92. The maximum absolute atomic E-state index is 11.6. The number of benzene rings is 1. The van der Waals surface area contributed by atoms with E-state index in [0.717, 1.165) is 12.8 Å². The van der Waals surface area contributed by atoms with Gasteiger partial charge in [-0.05, 0) is 32.3 Å². The Kier molecular flexibility index (Phi) is 5.28. The van der Waals surface area contributed by atoms with Gasteiger partial charge in [0, 0.05) is 5.54 Å². The molecule has 4 heteroatoms. The summed E-state index contributed by atoms with van der Waals surface area (Å²) in [5.74, 6) is -0.111. The molecule has 0 aliphatic rings. The topological polar surface area (TPSA) is 55.1 Å². The van der Waals surface area contributed by atoms with E-state index in [2.05, 4.69) is 17.4 Å². The third kappa shape index (κ3) is 5.77. The van der Waals surface area contributed by atoms with Crippen molar-refractivity contribution in [3.05, 3.63) is 35.9 Å². The summed E-state index contributed by atoms with van der Waals surface area (Å²) >= 11 is 4.72. The standard InChI is InChI=1S/C14H20N2OS/c1-14(2,16-13(17)10-12(15)18)9-8-11-6-4-3-5-7-11/h3-7H,8-10H2,1-2H3,(H2,15,18)(H,16,17). The fraction of sp³-hybridized carbons (Fsp3) is 0.429. The average molecular weight is 264 g/mol. The van der Waals surface area contributed by atoms with Gasteiger partial charge < -0.3 is 11.1 Å². The van der Waals surface area contributed by atoms with Crippen LogP contribution in [0, 0.1) is 0 Å². The minimum absolute atomic E-state index is 0.111. The minimum atomic E-state index is -0.252. The molecule has 0 aliphatic carbocycles. The summed E-state index contributed by atoms with van der Waals surface area (Å²) in [5, 5.41) is 2.95. The maximum atomic E-state index is 11.6. The van der Waals surface area contributed by atoms with Crippen LogP contribution in [0.4, 0.5) is 0 Å². The predicted molar refractivity (Wildman–Crippen MR) is 78.4 cm³/mol. The Bertz CT molecular complexity index is 415. The molecule has 98 valence electrons. The molecule has 0 bridgehead atoms. The molecule has 1 aromatic carbocycles. The van der Waals surface area contributed by atoms with Gasteiger partial charge in [-0.3, -0.25) is 4.79 Å². The zero-order valence-corrected chi connectivity index (χ0v) is 11.7. The van der Waals surface area contributed by atoms with Crippen LogP contribution in [-0.4, -0.2) is 16.4 Å². The number of rotatable bonds is 6. The Morgan fingerprint density at radius 3 is 2.50 bits per heavy atom.